The van der Waals surface area contributed by atoms with Gasteiger partial charge in [0.2, 0.25) is 5.91 Å². The zero-order valence-electron chi connectivity index (χ0n) is 102. The smallest absolute Gasteiger partial charge is 0.407 e. The second-order valence-electron chi connectivity index (χ2n) is 51.5. The first kappa shape index (κ1) is 139. The number of ether oxygens (including phenoxy) is 9. The molecule has 2 amide bonds. The standard InChI is InChI=1S/C16H28N2O4.2C16H27NO4.C15H28N2O.C15H27NO2.C15H29N.C14H25NO2.C13H23NO2/c1-7-13(19)21-9-8-17-14(20)22-12-10-15(2,3)18(6)16(4,5)11-12;1-7-13(18)20-8-9-21-14(19)12-10-15(2,3)17(6)16(4,5)11-12;1-7-13(18)20-9-8-14(19)21-12-10-15(2,3)17(6)16(4,5)11-12;1-7-13(18)16-12-10-14(4,8-2)17(6)15(5,9-3)11-12;1-7-13(17)18-12-10-14(4,8-2)16(6)15(5,9-3)11-12;1-7-8-9-10-13-11-14(2,3)16(6)15(4,5)12-13;1-10(2)12(16)17-11-8-13(3,4)15(7)14(5,6)9-11;1-7-11(15)16-10-8-12(2,3)14(6)13(4,5)9-10/h7,12H,1,8-11H2,2-6H3,(H,17,20);2*7,12H,1,8-11H2,2-6H3;7,12H,1,8-11H2,2-6H3,(H,16,18);7,12H,1,8-11H2,2-6H3;7,13H,1,8-12H2,2-6H3;11H,1,8-9H2,2-7H3;7,10H,1,8-9H2,2-6H3. The van der Waals surface area contributed by atoms with E-state index in [0.717, 1.165) is 140 Å². The third-order valence-electron chi connectivity index (χ3n) is 35.0. The van der Waals surface area contributed by atoms with Crippen molar-refractivity contribution in [3.63, 3.8) is 0 Å². The number of carbonyl (C=O) groups excluding carboxylic acids is 10. The van der Waals surface area contributed by atoms with Crippen molar-refractivity contribution < 1.29 is 90.6 Å². The Balaban J connectivity index is 0.000000853. The summed E-state index contributed by atoms with van der Waals surface area (Å²) < 4.78 is 47.0. The molecule has 4 unspecified atom stereocenters. The Morgan fingerprint density at radius 3 is 0.899 bits per heavy atom. The third-order valence-corrected chi connectivity index (χ3v) is 35.0. The highest BCUT2D eigenvalue weighted by Gasteiger charge is 2.54. The van der Waals surface area contributed by atoms with Crippen LogP contribution in [-0.2, 0) is 85.8 Å². The number of alkyl carbamates (subject to hydrolysis) is 1. The van der Waals surface area contributed by atoms with Crippen molar-refractivity contribution in [2.45, 2.75) is 508 Å². The van der Waals surface area contributed by atoms with Crippen LogP contribution >= 0.6 is 0 Å². The van der Waals surface area contributed by atoms with Crippen LogP contribution in [0.3, 0.4) is 0 Å². The molecule has 858 valence electrons. The molecule has 0 aromatic heterocycles. The fourth-order valence-corrected chi connectivity index (χ4v) is 23.6. The molecular formula is C120H214N10O19. The van der Waals surface area contributed by atoms with Gasteiger partial charge in [-0.2, -0.15) is 0 Å². The van der Waals surface area contributed by atoms with Gasteiger partial charge in [0.25, 0.3) is 0 Å². The lowest BCUT2D eigenvalue weighted by molar-refractivity contribution is -0.161. The number of likely N-dealkylation sites (tertiary alicyclic amines) is 8. The number of amides is 2. The van der Waals surface area contributed by atoms with Crippen LogP contribution in [0.1, 0.15) is 383 Å². The summed E-state index contributed by atoms with van der Waals surface area (Å²) in [6.07, 6.45) is 31.3. The molecule has 8 saturated heterocycles. The van der Waals surface area contributed by atoms with Gasteiger partial charge < -0.3 is 53.3 Å². The lowest BCUT2D eigenvalue weighted by atomic mass is 9.72. The second-order valence-corrected chi connectivity index (χ2v) is 51.5. The molecular weight excluding hydrogens is 1890 g/mol. The van der Waals surface area contributed by atoms with Crippen LogP contribution in [0.4, 0.5) is 4.79 Å². The lowest BCUT2D eigenvalue weighted by Gasteiger charge is -2.56. The number of carbonyl (C=O) groups is 10. The largest absolute Gasteiger partial charge is 0.462 e. The average molecular weight is 2100 g/mol. The average Bonchev–Trinajstić information content (AvgIpc) is 0.761. The first-order valence-corrected chi connectivity index (χ1v) is 54.6. The molecule has 0 aromatic rings. The van der Waals surface area contributed by atoms with E-state index in [1.165, 1.54) is 50.3 Å². The summed E-state index contributed by atoms with van der Waals surface area (Å²) in [7, 11) is 17.3. The van der Waals surface area contributed by atoms with Crippen LogP contribution in [0.2, 0.25) is 0 Å². The predicted molar refractivity (Wildman–Crippen MR) is 605 cm³/mol. The van der Waals surface area contributed by atoms with E-state index in [1.54, 1.807) is 6.92 Å². The Kier molecular flexibility index (Phi) is 54.2. The first-order chi connectivity index (χ1) is 67.9. The summed E-state index contributed by atoms with van der Waals surface area (Å²) in [5.41, 5.74) is 1.62. The van der Waals surface area contributed by atoms with Crippen molar-refractivity contribution in [2.24, 2.45) is 11.8 Å². The monoisotopic (exact) mass is 2100 g/mol. The Hall–Kier alpha value is -7.90. The molecule has 8 aliphatic rings. The summed E-state index contributed by atoms with van der Waals surface area (Å²) in [5, 5.41) is 5.67. The highest BCUT2D eigenvalue weighted by atomic mass is 16.6. The van der Waals surface area contributed by atoms with Gasteiger partial charge in [0, 0.05) is 195 Å². The van der Waals surface area contributed by atoms with Gasteiger partial charge in [-0.05, 0) is 346 Å². The Labute approximate surface area is 904 Å². The maximum atomic E-state index is 12.2. The number of allylic oxidation sites excluding steroid dienone is 1. The van der Waals surface area contributed by atoms with Gasteiger partial charge in [-0.3, -0.25) is 53.6 Å². The number of nitrogens with zero attached hydrogens (tertiary/aromatic N) is 8. The number of piperidine rings is 8. The van der Waals surface area contributed by atoms with Crippen LogP contribution in [0.15, 0.2) is 101 Å². The summed E-state index contributed by atoms with van der Waals surface area (Å²) in [4.78, 5) is 133. The van der Waals surface area contributed by atoms with E-state index in [1.807, 2.05) is 6.08 Å². The van der Waals surface area contributed by atoms with Crippen molar-refractivity contribution in [1.29, 1.82) is 0 Å². The zero-order chi connectivity index (χ0) is 116. The van der Waals surface area contributed by atoms with E-state index in [2.05, 4.69) is 380 Å². The van der Waals surface area contributed by atoms with E-state index in [9.17, 15) is 47.9 Å². The molecule has 8 fully saturated rings. The summed E-state index contributed by atoms with van der Waals surface area (Å²) in [6.45, 7) is 101. The van der Waals surface area contributed by atoms with Crippen molar-refractivity contribution in [1.82, 2.24) is 49.8 Å². The second kappa shape index (κ2) is 58.0. The number of rotatable bonds is 31. The molecule has 0 saturated carbocycles. The molecule has 149 heavy (non-hydrogen) atoms. The van der Waals surface area contributed by atoms with Crippen molar-refractivity contribution in [3.05, 3.63) is 101 Å². The third kappa shape index (κ3) is 43.1. The van der Waals surface area contributed by atoms with Gasteiger partial charge in [0.15, 0.2) is 0 Å². The van der Waals surface area contributed by atoms with E-state index in [-0.39, 0.29) is 195 Å². The van der Waals surface area contributed by atoms with E-state index in [0.29, 0.717) is 16.7 Å². The Bertz CT molecular complexity index is 4200. The highest BCUT2D eigenvalue weighted by molar-refractivity contribution is 5.88. The Morgan fingerprint density at radius 2 is 0.591 bits per heavy atom. The van der Waals surface area contributed by atoms with Crippen molar-refractivity contribution in [2.75, 3.05) is 89.4 Å². The van der Waals surface area contributed by atoms with Crippen LogP contribution in [0.25, 0.3) is 0 Å². The molecule has 8 aliphatic heterocycles. The molecule has 8 heterocycles. The molecule has 8 rings (SSSR count). The summed E-state index contributed by atoms with van der Waals surface area (Å²) >= 11 is 0. The molecule has 29 nitrogen and oxygen atoms in total. The number of esters is 8. The number of unbranched alkanes of at least 4 members (excludes halogenated alkanes) is 1. The molecule has 4 atom stereocenters. The van der Waals surface area contributed by atoms with Gasteiger partial charge in [-0.15, -0.1) is 6.58 Å². The SMILES string of the molecule is C=C(C)C(=O)OC1CC(C)(C)N(C)C(C)(C)C1.C=CC(=O)NC1CC(C)(CC)N(C)C(C)(CC)C1.C=CC(=O)OC1CC(C)(C)N(C)C(C)(C)C1.C=CC(=O)OC1CC(C)(CC)N(C)C(C)(CC)C1.C=CC(=O)OCCC(=O)OC1CC(C)(C)N(C)C(C)(C)C1.C=CC(=O)OCCNC(=O)OC1CC(C)(C)N(C)C(C)(C)C1.C=CC(=O)OCCOC(=O)C1CC(C)(C)N(C)C(C)(C)C1.C=CCCCC1CC(C)(C)N(C)C(C)(C)C1. The number of hydrogen-bond donors (Lipinski definition) is 2. The molecule has 0 aliphatic carbocycles. The summed E-state index contributed by atoms with van der Waals surface area (Å²) in [5.74, 6) is -2.25. The molecule has 0 radical (unpaired) electrons. The van der Waals surface area contributed by atoms with Crippen LogP contribution in [0, 0.1) is 11.8 Å². The predicted octanol–water partition coefficient (Wildman–Crippen LogP) is 21.8. The van der Waals surface area contributed by atoms with E-state index in [4.69, 9.17) is 42.6 Å². The van der Waals surface area contributed by atoms with Crippen molar-refractivity contribution >= 4 is 59.8 Å². The zero-order valence-corrected chi connectivity index (χ0v) is 102. The molecule has 0 spiro atoms. The fourth-order valence-electron chi connectivity index (χ4n) is 23.6. The maximum absolute atomic E-state index is 12.2. The summed E-state index contributed by atoms with van der Waals surface area (Å²) in [6, 6.07) is 0.251. The first-order valence-electron chi connectivity index (χ1n) is 54.6. The van der Waals surface area contributed by atoms with Gasteiger partial charge in [0.05, 0.1) is 18.9 Å². The molecule has 0 aromatic carbocycles. The lowest BCUT2D eigenvalue weighted by Crippen LogP contribution is -2.64. The van der Waals surface area contributed by atoms with Crippen LogP contribution < -0.4 is 10.6 Å². The number of hydrogen-bond acceptors (Lipinski definition) is 27. The number of nitrogens with one attached hydrogen (secondary N) is 2. The van der Waals surface area contributed by atoms with E-state index >= 15 is 0 Å². The van der Waals surface area contributed by atoms with Crippen molar-refractivity contribution in [3.8, 4) is 0 Å². The topological polar surface area (TPSA) is 304 Å². The fraction of sp³-hybridized carbons (Fsp3) is 0.783. The van der Waals surface area contributed by atoms with Gasteiger partial charge in [-0.25, -0.2) is 33.6 Å². The minimum Gasteiger partial charge on any atom is -0.462 e. The van der Waals surface area contributed by atoms with Crippen LogP contribution in [0.5, 0.6) is 0 Å². The van der Waals surface area contributed by atoms with Gasteiger partial charge >= 0.3 is 53.8 Å². The van der Waals surface area contributed by atoms with Gasteiger partial charge in [0.1, 0.15) is 56.9 Å². The maximum Gasteiger partial charge on any atom is 0.407 e. The molecule has 0 bridgehead atoms. The van der Waals surface area contributed by atoms with E-state index < -0.39 is 24.0 Å². The van der Waals surface area contributed by atoms with Crippen LogP contribution in [-0.4, -0.2) is 313 Å². The van der Waals surface area contributed by atoms with Gasteiger partial charge in [-0.1, -0.05) is 86.2 Å². The molecule has 29 heteroatoms. The normalized spacial score (nSPS) is 26.4. The quantitative estimate of drug-likeness (QED) is 0.0214. The molecule has 2 N–H and O–H groups in total. The minimum atomic E-state index is -0.524. The Morgan fingerprint density at radius 1 is 0.315 bits per heavy atom. The minimum absolute atomic E-state index is 0.00148. The highest BCUT2D eigenvalue weighted by Crippen LogP contribution is 2.48.